The van der Waals surface area contributed by atoms with Crippen molar-refractivity contribution in [3.63, 3.8) is 0 Å². The molecule has 0 spiro atoms. The van der Waals surface area contributed by atoms with Gasteiger partial charge in [-0.25, -0.2) is 0 Å². The summed E-state index contributed by atoms with van der Waals surface area (Å²) in [5, 5.41) is 1.47. The van der Waals surface area contributed by atoms with Gasteiger partial charge in [0.25, 0.3) is 0 Å². The van der Waals surface area contributed by atoms with Gasteiger partial charge in [-0.3, -0.25) is 0 Å². The van der Waals surface area contributed by atoms with Crippen LogP contribution in [0.4, 0.5) is 0 Å². The van der Waals surface area contributed by atoms with E-state index in [1.165, 1.54) is 34.6 Å². The van der Waals surface area contributed by atoms with Crippen molar-refractivity contribution >= 4 is 16.5 Å². The fourth-order valence-corrected chi connectivity index (χ4v) is 1.30. The molecule has 0 amide bonds. The zero-order valence-electron chi connectivity index (χ0n) is 4.21. The van der Waals surface area contributed by atoms with Crippen molar-refractivity contribution in [1.82, 2.24) is 0 Å². The third-order valence-corrected chi connectivity index (χ3v) is 1.65. The Balaban J connectivity index is 0. The van der Waals surface area contributed by atoms with Crippen molar-refractivity contribution < 1.29 is 12.4 Å². The van der Waals surface area contributed by atoms with Crippen LogP contribution in [0.5, 0.6) is 0 Å². The van der Waals surface area contributed by atoms with Gasteiger partial charge in [-0.05, 0) is 0 Å². The zero-order valence-corrected chi connectivity index (χ0v) is 7.93. The third-order valence-electron chi connectivity index (χ3n) is 0.604. The molecule has 0 aromatic carbocycles. The minimum Gasteiger partial charge on any atom is -1.00 e. The number of hydrogen-bond acceptors (Lipinski definition) is 0. The maximum atomic E-state index is 2.23. The first kappa shape index (κ1) is 9.95. The third kappa shape index (κ3) is 8.85. The Morgan fingerprint density at radius 1 is 1.50 bits per heavy atom. The van der Waals surface area contributed by atoms with Crippen molar-refractivity contribution in [2.24, 2.45) is 0 Å². The van der Waals surface area contributed by atoms with E-state index in [2.05, 4.69) is 6.92 Å². The van der Waals surface area contributed by atoms with Crippen molar-refractivity contribution in [3.8, 4) is 0 Å². The van der Waals surface area contributed by atoms with Gasteiger partial charge in [0.05, 0.1) is 0 Å². The van der Waals surface area contributed by atoms with E-state index < -0.39 is 0 Å². The molecular weight excluding hydrogens is 156 g/mol. The average Bonchev–Trinajstić information content (AvgIpc) is 1.41. The number of unbranched alkanes of at least 4 members (excludes halogenated alkanes) is 1. The Labute approximate surface area is 54.3 Å². The maximum absolute atomic E-state index is 2.23. The minimum atomic E-state index is 0. The Bertz CT molecular complexity index is 15.0. The summed E-state index contributed by atoms with van der Waals surface area (Å²) in [5.74, 6) is 0. The van der Waals surface area contributed by atoms with Crippen LogP contribution in [-0.4, -0.2) is 16.5 Å². The smallest absolute Gasteiger partial charge is 1.00 e. The first-order valence-electron chi connectivity index (χ1n) is 2.21. The van der Waals surface area contributed by atoms with Crippen molar-refractivity contribution in [1.29, 1.82) is 0 Å². The number of rotatable bonds is 2. The predicted octanol–water partition coefficient (Wildman–Crippen LogP) is -2.16. The molecule has 0 nitrogen and oxygen atoms in total. The Morgan fingerprint density at radius 3 is 2.00 bits per heavy atom. The second kappa shape index (κ2) is 9.27. The summed E-state index contributed by atoms with van der Waals surface area (Å²) in [6.07, 6.45) is 2.82. The van der Waals surface area contributed by atoms with Gasteiger partial charge in [0.1, 0.15) is 0 Å². The zero-order chi connectivity index (χ0) is 4.12. The van der Waals surface area contributed by atoms with Gasteiger partial charge >= 0.3 is 41.5 Å². The Hall–Kier alpha value is 0.833. The van der Waals surface area contributed by atoms with Gasteiger partial charge in [0, 0.05) is 0 Å². The summed E-state index contributed by atoms with van der Waals surface area (Å²) in [7, 11) is 0. The summed E-state index contributed by atoms with van der Waals surface area (Å²) in [4.78, 5) is 0. The monoisotopic (exact) mass is 168 g/mol. The summed E-state index contributed by atoms with van der Waals surface area (Å²) in [5.41, 5.74) is 0. The van der Waals surface area contributed by atoms with E-state index in [1.54, 1.807) is 0 Å². The van der Waals surface area contributed by atoms with Crippen molar-refractivity contribution in [3.05, 3.63) is 0 Å². The van der Waals surface area contributed by atoms with E-state index in [-0.39, 0.29) is 12.4 Å². The van der Waals surface area contributed by atoms with Crippen LogP contribution in [0, 0.1) is 0 Å². The molecule has 38 valence electrons. The Morgan fingerprint density at radius 2 is 2.00 bits per heavy atom. The second-order valence-corrected chi connectivity index (χ2v) is 2.69. The van der Waals surface area contributed by atoms with E-state index in [4.69, 9.17) is 0 Å². The summed E-state index contributed by atoms with van der Waals surface area (Å²) < 4.78 is 0. The van der Waals surface area contributed by atoms with E-state index in [0.717, 1.165) is 0 Å². The standard InChI is InChI=1S/C4H11Ge.ClH/c1-2-3-4-5;/h2-5H2,1H3;1H/q+1;/p-1. The van der Waals surface area contributed by atoms with Gasteiger partial charge < -0.3 is 12.4 Å². The topological polar surface area (TPSA) is 0 Å². The molecule has 0 bridgehead atoms. The molecule has 0 unspecified atom stereocenters. The molecule has 0 rings (SSSR count). The molecule has 0 aliphatic rings. The fourth-order valence-electron chi connectivity index (χ4n) is 0.250. The minimum absolute atomic E-state index is 0. The van der Waals surface area contributed by atoms with Crippen molar-refractivity contribution in [2.45, 2.75) is 25.0 Å². The van der Waals surface area contributed by atoms with Gasteiger partial charge in [-0.15, -0.1) is 0 Å². The number of hydrogen-bond donors (Lipinski definition) is 0. The summed E-state index contributed by atoms with van der Waals surface area (Å²) in [6, 6.07) is 0. The van der Waals surface area contributed by atoms with Gasteiger partial charge in [-0.1, -0.05) is 0 Å². The molecule has 0 fully saturated rings. The molecule has 0 aromatic rings. The van der Waals surface area contributed by atoms with Gasteiger partial charge in [0.15, 0.2) is 0 Å². The molecule has 0 atom stereocenters. The molecule has 2 heteroatoms. The molecule has 0 saturated carbocycles. The molecule has 0 aliphatic heterocycles. The Kier molecular flexibility index (Phi) is 15.4. The molecule has 0 aliphatic carbocycles. The van der Waals surface area contributed by atoms with Crippen LogP contribution in [0.15, 0.2) is 0 Å². The van der Waals surface area contributed by atoms with E-state index >= 15 is 0 Å². The molecule has 0 saturated heterocycles. The molecule has 6 heavy (non-hydrogen) atoms. The second-order valence-electron chi connectivity index (χ2n) is 1.21. The van der Waals surface area contributed by atoms with Gasteiger partial charge in [-0.2, -0.15) is 0 Å². The summed E-state index contributed by atoms with van der Waals surface area (Å²) >= 11 is 1.48. The maximum Gasteiger partial charge on any atom is -1.00 e. The van der Waals surface area contributed by atoms with Gasteiger partial charge in [0.2, 0.25) is 0 Å². The largest absolute Gasteiger partial charge is 1.00 e. The number of halogens is 1. The quantitative estimate of drug-likeness (QED) is 0.411. The molecule has 0 aromatic heterocycles. The average molecular weight is 167 g/mol. The van der Waals surface area contributed by atoms with Crippen LogP contribution in [-0.2, 0) is 0 Å². The van der Waals surface area contributed by atoms with Crippen LogP contribution in [0.3, 0.4) is 0 Å². The first-order valence-corrected chi connectivity index (χ1v) is 4.31. The predicted molar refractivity (Wildman–Crippen MR) is 28.3 cm³/mol. The van der Waals surface area contributed by atoms with E-state index in [0.29, 0.717) is 0 Å². The van der Waals surface area contributed by atoms with Crippen LogP contribution in [0.2, 0.25) is 5.25 Å². The fraction of sp³-hybridized carbons (Fsp3) is 1.00. The normalized spacial score (nSPS) is 6.83. The van der Waals surface area contributed by atoms with Crippen LogP contribution < -0.4 is 12.4 Å². The molecule has 0 heterocycles. The van der Waals surface area contributed by atoms with E-state index in [9.17, 15) is 0 Å². The molecular formula is C4H11ClGe. The summed E-state index contributed by atoms with van der Waals surface area (Å²) in [6.45, 7) is 2.23. The van der Waals surface area contributed by atoms with Crippen molar-refractivity contribution in [2.75, 3.05) is 0 Å². The van der Waals surface area contributed by atoms with E-state index in [1.807, 2.05) is 0 Å². The van der Waals surface area contributed by atoms with Crippen LogP contribution >= 0.6 is 0 Å². The molecule has 0 radical (unpaired) electrons. The molecule has 0 N–H and O–H groups in total. The van der Waals surface area contributed by atoms with Crippen LogP contribution in [0.1, 0.15) is 19.8 Å². The van der Waals surface area contributed by atoms with Crippen LogP contribution in [0.25, 0.3) is 0 Å². The first-order chi connectivity index (χ1) is 2.41. The SMILES string of the molecule is CCC[CH2][GeH2+].[Cl-].